The van der Waals surface area contributed by atoms with E-state index >= 15 is 0 Å². The molecule has 2 aromatic carbocycles. The Kier molecular flexibility index (Phi) is 9.92. The fraction of sp³-hybridized carbons (Fsp3) is 0.562. The number of hydrogen-bond acceptors (Lipinski definition) is 9. The zero-order valence-corrected chi connectivity index (χ0v) is 24.6. The third kappa shape index (κ3) is 7.37. The van der Waals surface area contributed by atoms with Crippen molar-refractivity contribution in [3.05, 3.63) is 70.8 Å². The Hall–Kier alpha value is -2.86. The first-order chi connectivity index (χ1) is 20.2. The number of hydrogen-bond donors (Lipinski definition) is 2. The molecule has 1 unspecified atom stereocenters. The van der Waals surface area contributed by atoms with E-state index in [0.717, 1.165) is 54.7 Å². The lowest BCUT2D eigenvalue weighted by molar-refractivity contribution is -0.278. The van der Waals surface area contributed by atoms with E-state index in [4.69, 9.17) is 23.7 Å². The normalized spacial score (nSPS) is 26.6. The maximum Gasteiger partial charge on any atom is 0.303 e. The molecule has 3 saturated heterocycles. The summed E-state index contributed by atoms with van der Waals surface area (Å²) in [7, 11) is 0. The molecular formula is C32H42N2O8. The monoisotopic (exact) mass is 582 g/mol. The Morgan fingerprint density at radius 1 is 1.00 bits per heavy atom. The fourth-order valence-electron chi connectivity index (χ4n) is 5.87. The van der Waals surface area contributed by atoms with Crippen LogP contribution in [0.5, 0.6) is 0 Å². The van der Waals surface area contributed by atoms with Crippen molar-refractivity contribution in [2.75, 3.05) is 32.8 Å². The van der Waals surface area contributed by atoms with Crippen molar-refractivity contribution < 1.29 is 38.4 Å². The smallest absolute Gasteiger partial charge is 0.303 e. The largest absolute Gasteiger partial charge is 0.453 e. The second-order valence-electron chi connectivity index (χ2n) is 11.4. The van der Waals surface area contributed by atoms with Crippen LogP contribution in [0.25, 0.3) is 0 Å². The maximum atomic E-state index is 12.2. The average molecular weight is 583 g/mol. The molecule has 10 heteroatoms. The molecular weight excluding hydrogens is 540 g/mol. The summed E-state index contributed by atoms with van der Waals surface area (Å²) in [5.74, 6) is -1.18. The number of nitrogens with one attached hydrogen (secondary N) is 1. The number of ether oxygens (including phenoxy) is 5. The first kappa shape index (κ1) is 30.6. The minimum absolute atomic E-state index is 0.00490. The van der Waals surface area contributed by atoms with Crippen molar-refractivity contribution in [2.45, 2.75) is 77.2 Å². The van der Waals surface area contributed by atoms with Gasteiger partial charge in [-0.2, -0.15) is 0 Å². The molecule has 0 radical (unpaired) electrons. The third-order valence-corrected chi connectivity index (χ3v) is 8.42. The highest BCUT2D eigenvalue weighted by Crippen LogP contribution is 2.42. The van der Waals surface area contributed by atoms with E-state index in [1.807, 2.05) is 48.5 Å². The molecule has 0 aromatic heterocycles. The molecule has 3 fully saturated rings. The van der Waals surface area contributed by atoms with Gasteiger partial charge in [0.2, 0.25) is 0 Å². The predicted molar refractivity (Wildman–Crippen MR) is 153 cm³/mol. The molecule has 0 saturated carbocycles. The van der Waals surface area contributed by atoms with Crippen molar-refractivity contribution in [2.24, 2.45) is 5.92 Å². The second-order valence-corrected chi connectivity index (χ2v) is 11.4. The van der Waals surface area contributed by atoms with Gasteiger partial charge in [-0.1, -0.05) is 55.5 Å². The van der Waals surface area contributed by atoms with Crippen LogP contribution >= 0.6 is 0 Å². The zero-order valence-electron chi connectivity index (χ0n) is 24.6. The van der Waals surface area contributed by atoms with Crippen LogP contribution in [0.1, 0.15) is 68.3 Å². The van der Waals surface area contributed by atoms with E-state index in [2.05, 4.69) is 17.1 Å². The quantitative estimate of drug-likeness (QED) is 0.430. The molecule has 1 spiro atoms. The summed E-state index contributed by atoms with van der Waals surface area (Å²) in [5.41, 5.74) is 3.69. The summed E-state index contributed by atoms with van der Waals surface area (Å²) in [6.45, 7) is 9.15. The topological polar surface area (TPSA) is 116 Å². The molecule has 1 amide bonds. The Morgan fingerprint density at radius 3 is 2.24 bits per heavy atom. The van der Waals surface area contributed by atoms with Crippen molar-refractivity contribution in [3.63, 3.8) is 0 Å². The molecule has 2 N–H and O–H groups in total. The molecule has 42 heavy (non-hydrogen) atoms. The molecule has 228 valence electrons. The Bertz CT molecular complexity index is 1190. The van der Waals surface area contributed by atoms with Crippen molar-refractivity contribution >= 4 is 11.9 Å². The van der Waals surface area contributed by atoms with Crippen LogP contribution < -0.4 is 5.32 Å². The molecule has 0 aliphatic carbocycles. The number of amides is 1. The number of esters is 1. The van der Waals surface area contributed by atoms with Gasteiger partial charge < -0.3 is 39.0 Å². The van der Waals surface area contributed by atoms with Crippen molar-refractivity contribution in [1.82, 2.24) is 10.2 Å². The summed E-state index contributed by atoms with van der Waals surface area (Å²) in [5, 5.41) is 12.3. The summed E-state index contributed by atoms with van der Waals surface area (Å²) in [6, 6.07) is 15.7. The van der Waals surface area contributed by atoms with E-state index in [9.17, 15) is 14.7 Å². The predicted octanol–water partition coefficient (Wildman–Crippen LogP) is 3.38. The van der Waals surface area contributed by atoms with Gasteiger partial charge in [0, 0.05) is 57.4 Å². The maximum absolute atomic E-state index is 12.2. The van der Waals surface area contributed by atoms with Gasteiger partial charge in [0.25, 0.3) is 5.91 Å². The van der Waals surface area contributed by atoms with E-state index in [-0.39, 0.29) is 30.6 Å². The summed E-state index contributed by atoms with van der Waals surface area (Å²) in [4.78, 5) is 25.8. The SMILES string of the molecule is CC(=O)O[C@@H](C)C(=O)NCc1ccc(C2O[C@H](CN3CCC4(CC3)OCCO4)[C@H](C)[C@H](c3ccc(CO)cc3)O2)cc1. The molecule has 0 bridgehead atoms. The molecule has 2 aromatic rings. The summed E-state index contributed by atoms with van der Waals surface area (Å²) >= 11 is 0. The Morgan fingerprint density at radius 2 is 1.62 bits per heavy atom. The number of nitrogens with zero attached hydrogens (tertiary/aromatic N) is 1. The van der Waals surface area contributed by atoms with E-state index in [1.54, 1.807) is 6.92 Å². The number of likely N-dealkylation sites (tertiary alicyclic amines) is 1. The number of aliphatic hydroxyl groups is 1. The molecule has 3 aliphatic rings. The lowest BCUT2D eigenvalue weighted by Gasteiger charge is -2.44. The number of carbonyl (C=O) groups excluding carboxylic acids is 2. The number of carbonyl (C=O) groups is 2. The lowest BCUT2D eigenvalue weighted by Crippen LogP contribution is -2.50. The van der Waals surface area contributed by atoms with E-state index in [0.29, 0.717) is 19.8 Å². The first-order valence-electron chi connectivity index (χ1n) is 14.8. The van der Waals surface area contributed by atoms with Crippen LogP contribution in [-0.2, 0) is 46.4 Å². The molecule has 5 atom stereocenters. The molecule has 5 rings (SSSR count). The van der Waals surface area contributed by atoms with Gasteiger partial charge in [-0.3, -0.25) is 9.59 Å². The summed E-state index contributed by atoms with van der Waals surface area (Å²) < 4.78 is 30.0. The first-order valence-corrected chi connectivity index (χ1v) is 14.8. The van der Waals surface area contributed by atoms with Gasteiger partial charge in [0.1, 0.15) is 0 Å². The van der Waals surface area contributed by atoms with Gasteiger partial charge in [-0.25, -0.2) is 0 Å². The minimum Gasteiger partial charge on any atom is -0.453 e. The van der Waals surface area contributed by atoms with Gasteiger partial charge in [-0.05, 0) is 23.6 Å². The summed E-state index contributed by atoms with van der Waals surface area (Å²) in [6.07, 6.45) is -0.000734. The highest BCUT2D eigenvalue weighted by Gasteiger charge is 2.43. The molecule has 3 heterocycles. The highest BCUT2D eigenvalue weighted by molar-refractivity contribution is 5.82. The van der Waals surface area contributed by atoms with Gasteiger partial charge in [0.15, 0.2) is 18.2 Å². The third-order valence-electron chi connectivity index (χ3n) is 8.42. The van der Waals surface area contributed by atoms with E-state index < -0.39 is 24.2 Å². The average Bonchev–Trinajstić information content (AvgIpc) is 3.46. The fourth-order valence-corrected chi connectivity index (χ4v) is 5.87. The number of aliphatic hydroxyl groups excluding tert-OH is 1. The van der Waals surface area contributed by atoms with Gasteiger partial charge >= 0.3 is 5.97 Å². The van der Waals surface area contributed by atoms with Crippen LogP contribution in [0.3, 0.4) is 0 Å². The number of rotatable bonds is 9. The van der Waals surface area contributed by atoms with Gasteiger partial charge in [0.05, 0.1) is 32.0 Å². The number of piperidine rings is 1. The molecule has 3 aliphatic heterocycles. The standard InChI is InChI=1S/C32H42N2O8/c1-21-28(19-34-14-12-32(13-15-34)38-16-17-39-32)41-31(42-29(21)26-8-6-25(20-35)7-9-26)27-10-4-24(5-11-27)18-33-30(37)22(2)40-23(3)36/h4-11,21-22,28-29,31,35H,12-20H2,1-3H3,(H,33,37)/t21-,22-,28+,29+,31?/m0/s1. The van der Waals surface area contributed by atoms with Crippen LogP contribution in [0.2, 0.25) is 0 Å². The van der Waals surface area contributed by atoms with Crippen molar-refractivity contribution in [1.29, 1.82) is 0 Å². The Balaban J connectivity index is 1.27. The van der Waals surface area contributed by atoms with E-state index in [1.165, 1.54) is 6.92 Å². The second kappa shape index (κ2) is 13.6. The lowest BCUT2D eigenvalue weighted by atomic mass is 9.89. The van der Waals surface area contributed by atoms with Crippen LogP contribution in [0.4, 0.5) is 0 Å². The van der Waals surface area contributed by atoms with Crippen LogP contribution in [-0.4, -0.2) is 72.7 Å². The minimum atomic E-state index is -0.850. The number of benzene rings is 2. The highest BCUT2D eigenvalue weighted by atomic mass is 16.7. The Labute approximate surface area is 247 Å². The van der Waals surface area contributed by atoms with Crippen molar-refractivity contribution in [3.8, 4) is 0 Å². The zero-order chi connectivity index (χ0) is 29.7. The van der Waals surface area contributed by atoms with Gasteiger partial charge in [-0.15, -0.1) is 0 Å². The molecule has 10 nitrogen and oxygen atoms in total. The van der Waals surface area contributed by atoms with Crippen LogP contribution in [0.15, 0.2) is 48.5 Å². The van der Waals surface area contributed by atoms with Crippen LogP contribution in [0, 0.1) is 5.92 Å².